The minimum Gasteiger partial charge on any atom is -0.207 e. The van der Waals surface area contributed by atoms with Crippen molar-refractivity contribution < 1.29 is 4.39 Å². The van der Waals surface area contributed by atoms with Crippen LogP contribution in [-0.4, -0.2) is 4.83 Å². The zero-order valence-electron chi connectivity index (χ0n) is 8.06. The van der Waals surface area contributed by atoms with E-state index in [1.165, 1.54) is 6.07 Å². The lowest BCUT2D eigenvalue weighted by Gasteiger charge is -2.04. The summed E-state index contributed by atoms with van der Waals surface area (Å²) in [5.74, 6) is -0.165. The van der Waals surface area contributed by atoms with Gasteiger partial charge in [0.15, 0.2) is 0 Å². The van der Waals surface area contributed by atoms with E-state index in [-0.39, 0.29) is 5.82 Å². The molecule has 0 aliphatic rings. The fraction of sp³-hybridized carbons (Fsp3) is 0.455. The van der Waals surface area contributed by atoms with Gasteiger partial charge in [-0.25, -0.2) is 4.39 Å². The topological polar surface area (TPSA) is 0 Å². The Bertz CT molecular complexity index is 277. The Morgan fingerprint density at radius 2 is 2.07 bits per heavy atom. The summed E-state index contributed by atoms with van der Waals surface area (Å²) < 4.78 is 13.8. The second-order valence-electron chi connectivity index (χ2n) is 3.45. The van der Waals surface area contributed by atoms with Crippen molar-refractivity contribution in [2.45, 2.75) is 31.0 Å². The summed E-state index contributed by atoms with van der Waals surface area (Å²) in [7, 11) is 0. The van der Waals surface area contributed by atoms with Crippen LogP contribution in [0.5, 0.6) is 0 Å². The van der Waals surface area contributed by atoms with Crippen molar-refractivity contribution in [2.24, 2.45) is 0 Å². The van der Waals surface area contributed by atoms with Crippen LogP contribution in [0.25, 0.3) is 0 Å². The van der Waals surface area contributed by atoms with Crippen LogP contribution >= 0.6 is 31.9 Å². The lowest BCUT2D eigenvalue weighted by molar-refractivity contribution is 0.622. The van der Waals surface area contributed by atoms with Crippen LogP contribution in [0.15, 0.2) is 22.7 Å². The number of halogens is 3. The van der Waals surface area contributed by atoms with Crippen LogP contribution in [0.4, 0.5) is 4.39 Å². The van der Waals surface area contributed by atoms with Crippen LogP contribution in [-0.2, 0) is 6.42 Å². The summed E-state index contributed by atoms with van der Waals surface area (Å²) in [4.78, 5) is 0.541. The van der Waals surface area contributed by atoms with Gasteiger partial charge in [-0.05, 0) is 43.0 Å². The van der Waals surface area contributed by atoms with E-state index >= 15 is 0 Å². The largest absolute Gasteiger partial charge is 0.207 e. The fourth-order valence-corrected chi connectivity index (χ4v) is 2.18. The Kier molecular flexibility index (Phi) is 5.10. The maximum Gasteiger partial charge on any atom is 0.124 e. The molecular weight excluding hydrogens is 311 g/mol. The molecule has 0 bridgehead atoms. The molecule has 0 heterocycles. The average Bonchev–Trinajstić information content (AvgIpc) is 2.01. The van der Waals surface area contributed by atoms with Gasteiger partial charge >= 0.3 is 0 Å². The van der Waals surface area contributed by atoms with Gasteiger partial charge in [-0.15, -0.1) is 0 Å². The highest BCUT2D eigenvalue weighted by Crippen LogP contribution is 2.17. The molecule has 0 aliphatic heterocycles. The summed E-state index contributed by atoms with van der Waals surface area (Å²) in [6.07, 6.45) is 3.14. The second kappa shape index (κ2) is 5.86. The van der Waals surface area contributed by atoms with E-state index in [4.69, 9.17) is 0 Å². The molecule has 1 rings (SSSR count). The predicted molar refractivity (Wildman–Crippen MR) is 65.4 cm³/mol. The molecule has 3 heteroatoms. The minimum atomic E-state index is -0.165. The Hall–Kier alpha value is 0.110. The maximum absolute atomic E-state index is 13.0. The van der Waals surface area contributed by atoms with Crippen molar-refractivity contribution in [1.29, 1.82) is 0 Å². The summed E-state index contributed by atoms with van der Waals surface area (Å²) in [6, 6.07) is 5.06. The molecule has 0 saturated carbocycles. The first-order chi connectivity index (χ1) is 6.58. The van der Waals surface area contributed by atoms with Crippen molar-refractivity contribution in [1.82, 2.24) is 0 Å². The molecule has 0 aliphatic carbocycles. The first-order valence-corrected chi connectivity index (χ1v) is 6.38. The number of hydrogen-bond acceptors (Lipinski definition) is 0. The average molecular weight is 324 g/mol. The molecule has 0 nitrogen and oxygen atoms in total. The second-order valence-corrected chi connectivity index (χ2v) is 5.93. The molecule has 0 N–H and O–H groups in total. The van der Waals surface area contributed by atoms with Gasteiger partial charge < -0.3 is 0 Å². The zero-order valence-corrected chi connectivity index (χ0v) is 11.2. The van der Waals surface area contributed by atoms with E-state index in [0.29, 0.717) is 4.83 Å². The molecule has 1 atom stereocenters. The summed E-state index contributed by atoms with van der Waals surface area (Å²) >= 11 is 6.78. The number of alkyl halides is 1. The maximum atomic E-state index is 13.0. The first-order valence-electron chi connectivity index (χ1n) is 4.67. The van der Waals surface area contributed by atoms with E-state index in [2.05, 4.69) is 38.8 Å². The van der Waals surface area contributed by atoms with Crippen LogP contribution in [0.3, 0.4) is 0 Å². The molecule has 1 aromatic rings. The smallest absolute Gasteiger partial charge is 0.124 e. The van der Waals surface area contributed by atoms with Crippen molar-refractivity contribution in [3.63, 3.8) is 0 Å². The normalized spacial score (nSPS) is 12.9. The number of benzene rings is 1. The third-order valence-electron chi connectivity index (χ3n) is 1.99. The molecule has 78 valence electrons. The van der Waals surface area contributed by atoms with Gasteiger partial charge in [-0.1, -0.05) is 38.8 Å². The van der Waals surface area contributed by atoms with Crippen LogP contribution in [0.1, 0.15) is 25.3 Å². The molecule has 0 aromatic heterocycles. The van der Waals surface area contributed by atoms with Gasteiger partial charge in [0.2, 0.25) is 0 Å². The molecule has 0 saturated heterocycles. The third kappa shape index (κ3) is 4.56. The number of hydrogen-bond donors (Lipinski definition) is 0. The molecule has 1 aromatic carbocycles. The molecule has 0 amide bonds. The van der Waals surface area contributed by atoms with Crippen molar-refractivity contribution in [3.05, 3.63) is 34.1 Å². The van der Waals surface area contributed by atoms with E-state index < -0.39 is 0 Å². The van der Waals surface area contributed by atoms with Crippen LogP contribution < -0.4 is 0 Å². The van der Waals surface area contributed by atoms with Gasteiger partial charge in [0.25, 0.3) is 0 Å². The summed E-state index contributed by atoms with van der Waals surface area (Å²) in [6.45, 7) is 2.13. The van der Waals surface area contributed by atoms with E-state index in [1.807, 2.05) is 6.07 Å². The SMILES string of the molecule is CC(Br)CCCc1cc(F)cc(Br)c1. The summed E-state index contributed by atoms with van der Waals surface area (Å²) in [5.41, 5.74) is 1.06. The van der Waals surface area contributed by atoms with Crippen LogP contribution in [0.2, 0.25) is 0 Å². The lowest BCUT2D eigenvalue weighted by Crippen LogP contribution is -1.93. The van der Waals surface area contributed by atoms with Gasteiger partial charge in [0.05, 0.1) is 0 Å². The van der Waals surface area contributed by atoms with E-state index in [9.17, 15) is 4.39 Å². The standard InChI is InChI=1S/C11H13Br2F/c1-8(12)3-2-4-9-5-10(13)7-11(14)6-9/h5-8H,2-4H2,1H3. The summed E-state index contributed by atoms with van der Waals surface area (Å²) in [5, 5.41) is 0. The van der Waals surface area contributed by atoms with Gasteiger partial charge in [-0.3, -0.25) is 0 Å². The predicted octanol–water partition coefficient (Wildman–Crippen LogP) is 4.69. The van der Waals surface area contributed by atoms with Crippen LogP contribution in [0, 0.1) is 5.82 Å². The van der Waals surface area contributed by atoms with Gasteiger partial charge in [-0.2, -0.15) is 0 Å². The number of rotatable bonds is 4. The quantitative estimate of drug-likeness (QED) is 0.705. The van der Waals surface area contributed by atoms with E-state index in [0.717, 1.165) is 29.3 Å². The highest BCUT2D eigenvalue weighted by Gasteiger charge is 2.00. The monoisotopic (exact) mass is 322 g/mol. The zero-order chi connectivity index (χ0) is 10.6. The highest BCUT2D eigenvalue weighted by atomic mass is 79.9. The minimum absolute atomic E-state index is 0.165. The van der Waals surface area contributed by atoms with E-state index in [1.54, 1.807) is 6.07 Å². The van der Waals surface area contributed by atoms with Crippen molar-refractivity contribution in [2.75, 3.05) is 0 Å². The van der Waals surface area contributed by atoms with Gasteiger partial charge in [0.1, 0.15) is 5.82 Å². The Morgan fingerprint density at radius 1 is 1.36 bits per heavy atom. The number of aryl methyl sites for hydroxylation is 1. The van der Waals surface area contributed by atoms with Crippen molar-refractivity contribution in [3.8, 4) is 0 Å². The molecular formula is C11H13Br2F. The third-order valence-corrected chi connectivity index (χ3v) is 2.91. The molecule has 0 spiro atoms. The van der Waals surface area contributed by atoms with Gasteiger partial charge in [0, 0.05) is 9.30 Å². The molecule has 14 heavy (non-hydrogen) atoms. The molecule has 1 unspecified atom stereocenters. The lowest BCUT2D eigenvalue weighted by atomic mass is 10.1. The first kappa shape index (κ1) is 12.2. The Morgan fingerprint density at radius 3 is 2.64 bits per heavy atom. The Labute approximate surface area is 101 Å². The Balaban J connectivity index is 2.50. The molecule has 0 radical (unpaired) electrons. The molecule has 0 fully saturated rings. The van der Waals surface area contributed by atoms with Crippen molar-refractivity contribution >= 4 is 31.9 Å². The fourth-order valence-electron chi connectivity index (χ4n) is 1.34. The highest BCUT2D eigenvalue weighted by molar-refractivity contribution is 9.10.